The predicted octanol–water partition coefficient (Wildman–Crippen LogP) is 3.15. The lowest BCUT2D eigenvalue weighted by atomic mass is 9.95. The summed E-state index contributed by atoms with van der Waals surface area (Å²) in [6.07, 6.45) is 6.83. The SMILES string of the molecule is CNCc1ccccc1NC1CCCCC1. The molecule has 0 bridgehead atoms. The minimum Gasteiger partial charge on any atom is -0.382 e. The van der Waals surface area contributed by atoms with Gasteiger partial charge in [0.15, 0.2) is 0 Å². The van der Waals surface area contributed by atoms with Gasteiger partial charge in [-0.05, 0) is 31.5 Å². The number of anilines is 1. The lowest BCUT2D eigenvalue weighted by molar-refractivity contribution is 0.462. The van der Waals surface area contributed by atoms with E-state index in [2.05, 4.69) is 34.9 Å². The van der Waals surface area contributed by atoms with E-state index in [0.717, 1.165) is 6.54 Å². The van der Waals surface area contributed by atoms with Crippen molar-refractivity contribution in [1.29, 1.82) is 0 Å². The molecule has 1 aliphatic carbocycles. The molecule has 1 aromatic rings. The summed E-state index contributed by atoms with van der Waals surface area (Å²) < 4.78 is 0. The lowest BCUT2D eigenvalue weighted by Gasteiger charge is -2.25. The van der Waals surface area contributed by atoms with Crippen molar-refractivity contribution < 1.29 is 0 Å². The number of hydrogen-bond donors (Lipinski definition) is 2. The van der Waals surface area contributed by atoms with Gasteiger partial charge < -0.3 is 10.6 Å². The molecule has 1 fully saturated rings. The number of rotatable bonds is 4. The maximum absolute atomic E-state index is 3.69. The zero-order valence-electron chi connectivity index (χ0n) is 10.1. The summed E-state index contributed by atoms with van der Waals surface area (Å²) in [4.78, 5) is 0. The molecule has 16 heavy (non-hydrogen) atoms. The molecule has 2 N–H and O–H groups in total. The fourth-order valence-electron chi connectivity index (χ4n) is 2.47. The van der Waals surface area contributed by atoms with Crippen molar-refractivity contribution in [2.24, 2.45) is 0 Å². The van der Waals surface area contributed by atoms with Crippen LogP contribution in [0.5, 0.6) is 0 Å². The molecule has 0 heterocycles. The Kier molecular flexibility index (Phi) is 4.23. The molecule has 1 aliphatic rings. The minimum atomic E-state index is 0.687. The summed E-state index contributed by atoms with van der Waals surface area (Å²) >= 11 is 0. The molecule has 1 aromatic carbocycles. The minimum absolute atomic E-state index is 0.687. The second-order valence-corrected chi connectivity index (χ2v) is 4.67. The van der Waals surface area contributed by atoms with Gasteiger partial charge in [0, 0.05) is 18.3 Å². The van der Waals surface area contributed by atoms with Crippen molar-refractivity contribution in [2.75, 3.05) is 12.4 Å². The van der Waals surface area contributed by atoms with E-state index in [1.54, 1.807) is 0 Å². The van der Waals surface area contributed by atoms with E-state index < -0.39 is 0 Å². The van der Waals surface area contributed by atoms with Gasteiger partial charge in [0.2, 0.25) is 0 Å². The second kappa shape index (κ2) is 5.90. The molecule has 0 unspecified atom stereocenters. The van der Waals surface area contributed by atoms with E-state index in [1.807, 2.05) is 7.05 Å². The van der Waals surface area contributed by atoms with Crippen LogP contribution in [0, 0.1) is 0 Å². The monoisotopic (exact) mass is 218 g/mol. The third-order valence-corrected chi connectivity index (χ3v) is 3.35. The van der Waals surface area contributed by atoms with Crippen molar-refractivity contribution >= 4 is 5.69 Å². The van der Waals surface area contributed by atoms with E-state index in [0.29, 0.717) is 6.04 Å². The fraction of sp³-hybridized carbons (Fsp3) is 0.571. The van der Waals surface area contributed by atoms with Gasteiger partial charge in [-0.2, -0.15) is 0 Å². The van der Waals surface area contributed by atoms with Crippen LogP contribution < -0.4 is 10.6 Å². The Labute approximate surface area is 98.4 Å². The molecule has 0 aliphatic heterocycles. The van der Waals surface area contributed by atoms with Crippen LogP contribution in [0.3, 0.4) is 0 Å². The number of nitrogens with one attached hydrogen (secondary N) is 2. The van der Waals surface area contributed by atoms with E-state index in [9.17, 15) is 0 Å². The smallest absolute Gasteiger partial charge is 0.0387 e. The van der Waals surface area contributed by atoms with Gasteiger partial charge in [-0.3, -0.25) is 0 Å². The largest absolute Gasteiger partial charge is 0.382 e. The molecule has 0 atom stereocenters. The van der Waals surface area contributed by atoms with Crippen LogP contribution >= 0.6 is 0 Å². The van der Waals surface area contributed by atoms with E-state index >= 15 is 0 Å². The van der Waals surface area contributed by atoms with E-state index in [4.69, 9.17) is 0 Å². The molecule has 0 saturated heterocycles. The van der Waals surface area contributed by atoms with Crippen molar-refractivity contribution in [3.05, 3.63) is 29.8 Å². The Balaban J connectivity index is 2.01. The molecule has 2 nitrogen and oxygen atoms in total. The molecule has 1 saturated carbocycles. The Morgan fingerprint density at radius 3 is 2.62 bits per heavy atom. The molecule has 2 rings (SSSR count). The van der Waals surface area contributed by atoms with Crippen LogP contribution in [0.2, 0.25) is 0 Å². The first-order valence-electron chi connectivity index (χ1n) is 6.39. The summed E-state index contributed by atoms with van der Waals surface area (Å²) in [5.74, 6) is 0. The Hall–Kier alpha value is -1.02. The molecule has 0 amide bonds. The summed E-state index contributed by atoms with van der Waals surface area (Å²) in [5, 5.41) is 6.92. The van der Waals surface area contributed by atoms with Gasteiger partial charge in [-0.15, -0.1) is 0 Å². The first kappa shape index (κ1) is 11.5. The highest BCUT2D eigenvalue weighted by molar-refractivity contribution is 5.51. The Bertz CT molecular complexity index is 316. The summed E-state index contributed by atoms with van der Waals surface area (Å²) in [5.41, 5.74) is 2.68. The molecule has 88 valence electrons. The molecular formula is C14H22N2. The highest BCUT2D eigenvalue weighted by Gasteiger charge is 2.13. The van der Waals surface area contributed by atoms with Gasteiger partial charge in [0.25, 0.3) is 0 Å². The normalized spacial score (nSPS) is 17.3. The highest BCUT2D eigenvalue weighted by Crippen LogP contribution is 2.23. The quantitative estimate of drug-likeness (QED) is 0.811. The van der Waals surface area contributed by atoms with E-state index in [-0.39, 0.29) is 0 Å². The number of para-hydroxylation sites is 1. The summed E-state index contributed by atoms with van der Waals surface area (Å²) in [6.45, 7) is 0.940. The standard InChI is InChI=1S/C14H22N2/c1-15-11-12-7-5-6-10-14(12)16-13-8-3-2-4-9-13/h5-7,10,13,15-16H,2-4,8-9,11H2,1H3. The van der Waals surface area contributed by atoms with Crippen LogP contribution in [0.15, 0.2) is 24.3 Å². The molecule has 0 spiro atoms. The number of hydrogen-bond acceptors (Lipinski definition) is 2. The lowest BCUT2D eigenvalue weighted by Crippen LogP contribution is -2.23. The van der Waals surface area contributed by atoms with Crippen LogP contribution in [0.1, 0.15) is 37.7 Å². The van der Waals surface area contributed by atoms with Gasteiger partial charge in [-0.25, -0.2) is 0 Å². The van der Waals surface area contributed by atoms with Crippen LogP contribution in [-0.2, 0) is 6.54 Å². The zero-order valence-corrected chi connectivity index (χ0v) is 10.1. The highest BCUT2D eigenvalue weighted by atomic mass is 14.9. The molecule has 0 aromatic heterocycles. The second-order valence-electron chi connectivity index (χ2n) is 4.67. The number of benzene rings is 1. The maximum Gasteiger partial charge on any atom is 0.0387 e. The van der Waals surface area contributed by atoms with Gasteiger partial charge in [0.05, 0.1) is 0 Å². The van der Waals surface area contributed by atoms with Gasteiger partial charge >= 0.3 is 0 Å². The third-order valence-electron chi connectivity index (χ3n) is 3.35. The van der Waals surface area contributed by atoms with Crippen LogP contribution in [0.4, 0.5) is 5.69 Å². The van der Waals surface area contributed by atoms with Gasteiger partial charge in [-0.1, -0.05) is 37.5 Å². The molecular weight excluding hydrogens is 196 g/mol. The first-order chi connectivity index (χ1) is 7.90. The summed E-state index contributed by atoms with van der Waals surface area (Å²) in [7, 11) is 2.00. The van der Waals surface area contributed by atoms with Crippen molar-refractivity contribution in [1.82, 2.24) is 5.32 Å². The Morgan fingerprint density at radius 1 is 1.12 bits per heavy atom. The molecule has 0 radical (unpaired) electrons. The third kappa shape index (κ3) is 2.99. The first-order valence-corrected chi connectivity index (χ1v) is 6.39. The van der Waals surface area contributed by atoms with Crippen LogP contribution in [-0.4, -0.2) is 13.1 Å². The Morgan fingerprint density at radius 2 is 1.88 bits per heavy atom. The predicted molar refractivity (Wildman–Crippen MR) is 69.7 cm³/mol. The maximum atomic E-state index is 3.69. The zero-order chi connectivity index (χ0) is 11.2. The summed E-state index contributed by atoms with van der Waals surface area (Å²) in [6, 6.07) is 9.30. The average Bonchev–Trinajstić information content (AvgIpc) is 2.33. The van der Waals surface area contributed by atoms with Crippen LogP contribution in [0.25, 0.3) is 0 Å². The fourth-order valence-corrected chi connectivity index (χ4v) is 2.47. The average molecular weight is 218 g/mol. The van der Waals surface area contributed by atoms with Gasteiger partial charge in [0.1, 0.15) is 0 Å². The molecule has 2 heteroatoms. The topological polar surface area (TPSA) is 24.1 Å². The van der Waals surface area contributed by atoms with Crippen molar-refractivity contribution in [3.63, 3.8) is 0 Å². The van der Waals surface area contributed by atoms with E-state index in [1.165, 1.54) is 43.4 Å². The van der Waals surface area contributed by atoms with Crippen molar-refractivity contribution in [2.45, 2.75) is 44.7 Å². The van der Waals surface area contributed by atoms with Crippen molar-refractivity contribution in [3.8, 4) is 0 Å².